The van der Waals surface area contributed by atoms with Gasteiger partial charge in [-0.15, -0.1) is 0 Å². The number of fused-ring (bicyclic) bond motifs is 1. The molecular formula is C14H18N3O3+. The molecule has 6 nitrogen and oxygen atoms in total. The van der Waals surface area contributed by atoms with E-state index in [2.05, 4.69) is 4.98 Å². The van der Waals surface area contributed by atoms with E-state index in [0.29, 0.717) is 12.2 Å². The average molecular weight is 276 g/mol. The van der Waals surface area contributed by atoms with Gasteiger partial charge in [0, 0.05) is 44.1 Å². The zero-order valence-corrected chi connectivity index (χ0v) is 11.9. The number of anilines is 1. The van der Waals surface area contributed by atoms with Crippen molar-refractivity contribution in [3.05, 3.63) is 28.7 Å². The van der Waals surface area contributed by atoms with Crippen molar-refractivity contribution in [3.8, 4) is 0 Å². The number of carbonyl (C=O) groups excluding carboxylic acids is 1. The number of rotatable bonds is 5. The molecule has 1 aliphatic heterocycles. The summed E-state index contributed by atoms with van der Waals surface area (Å²) in [5.41, 5.74) is 1.13. The Hall–Kier alpha value is -1.97. The van der Waals surface area contributed by atoms with Gasteiger partial charge in [-0.1, -0.05) is 0 Å². The van der Waals surface area contributed by atoms with E-state index in [1.807, 2.05) is 6.92 Å². The van der Waals surface area contributed by atoms with Gasteiger partial charge in [0.1, 0.15) is 5.41 Å². The first-order valence-corrected chi connectivity index (χ1v) is 6.44. The molecule has 0 saturated heterocycles. The Morgan fingerprint density at radius 1 is 1.30 bits per heavy atom. The summed E-state index contributed by atoms with van der Waals surface area (Å²) in [4.78, 5) is 17.7. The van der Waals surface area contributed by atoms with Crippen LogP contribution in [0.1, 0.15) is 12.5 Å². The fraction of sp³-hybridized carbons (Fsp3) is 0.500. The summed E-state index contributed by atoms with van der Waals surface area (Å²) in [5.74, 6) is -0.0474. The number of amides is 1. The van der Waals surface area contributed by atoms with Crippen molar-refractivity contribution in [2.45, 2.75) is 12.3 Å². The molecule has 1 aromatic rings. The molecular weight excluding hydrogens is 258 g/mol. The van der Waals surface area contributed by atoms with Crippen molar-refractivity contribution >= 4 is 17.3 Å². The summed E-state index contributed by atoms with van der Waals surface area (Å²) in [6, 6.07) is 5.17. The van der Waals surface area contributed by atoms with Crippen LogP contribution in [-0.4, -0.2) is 39.9 Å². The number of benzene rings is 1. The highest BCUT2D eigenvalue weighted by Crippen LogP contribution is 2.44. The minimum absolute atomic E-state index is 0.0474. The van der Waals surface area contributed by atoms with Gasteiger partial charge in [-0.3, -0.25) is 4.79 Å². The van der Waals surface area contributed by atoms with E-state index in [4.69, 9.17) is 14.9 Å². The summed E-state index contributed by atoms with van der Waals surface area (Å²) in [6.45, 7) is 2.93. The zero-order valence-electron chi connectivity index (χ0n) is 11.9. The molecule has 1 aliphatic rings. The molecule has 0 spiro atoms. The highest BCUT2D eigenvalue weighted by molar-refractivity contribution is 6.08. The number of ether oxygens (including phenoxy) is 2. The number of diazo groups is 1. The van der Waals surface area contributed by atoms with Crippen LogP contribution >= 0.6 is 0 Å². The first-order chi connectivity index (χ1) is 9.64. The second-order valence-electron chi connectivity index (χ2n) is 4.80. The second kappa shape index (κ2) is 5.57. The average Bonchev–Trinajstić information content (AvgIpc) is 2.69. The number of methoxy groups -OCH3 is 2. The van der Waals surface area contributed by atoms with Crippen molar-refractivity contribution in [3.63, 3.8) is 0 Å². The van der Waals surface area contributed by atoms with E-state index in [1.165, 1.54) is 0 Å². The molecule has 0 saturated carbocycles. The van der Waals surface area contributed by atoms with E-state index in [-0.39, 0.29) is 19.1 Å². The number of hydrogen-bond donors (Lipinski definition) is 0. The van der Waals surface area contributed by atoms with Crippen molar-refractivity contribution in [2.75, 3.05) is 38.9 Å². The monoisotopic (exact) mass is 276 g/mol. The van der Waals surface area contributed by atoms with Gasteiger partial charge >= 0.3 is 5.69 Å². The molecule has 1 amide bonds. The largest absolute Gasteiger partial charge is 0.385 e. The molecule has 0 fully saturated rings. The summed E-state index contributed by atoms with van der Waals surface area (Å²) in [6.07, 6.45) is 0. The maximum Gasteiger partial charge on any atom is 0.385 e. The predicted octanol–water partition coefficient (Wildman–Crippen LogP) is 2.07. The summed E-state index contributed by atoms with van der Waals surface area (Å²) >= 11 is 0. The van der Waals surface area contributed by atoms with E-state index in [1.54, 1.807) is 37.3 Å². The van der Waals surface area contributed by atoms with Crippen LogP contribution in [0.25, 0.3) is 4.98 Å². The van der Waals surface area contributed by atoms with Crippen LogP contribution in [-0.2, 0) is 19.7 Å². The minimum atomic E-state index is -0.879. The van der Waals surface area contributed by atoms with Gasteiger partial charge in [0.05, 0.1) is 13.2 Å². The molecule has 1 aromatic carbocycles. The first kappa shape index (κ1) is 14.4. The normalized spacial score (nSPS) is 16.1. The summed E-state index contributed by atoms with van der Waals surface area (Å²) in [5, 5.41) is 8.95. The van der Waals surface area contributed by atoms with Gasteiger partial charge < -0.3 is 14.4 Å². The van der Waals surface area contributed by atoms with E-state index in [9.17, 15) is 4.79 Å². The number of likely N-dealkylation sites (N-methyl/N-ethyl adjacent to an activating group) is 1. The third kappa shape index (κ3) is 1.96. The van der Waals surface area contributed by atoms with Crippen LogP contribution in [0.15, 0.2) is 18.2 Å². The Bertz CT molecular complexity index is 559. The topological polar surface area (TPSA) is 66.9 Å². The summed E-state index contributed by atoms with van der Waals surface area (Å²) < 4.78 is 10.5. The Morgan fingerprint density at radius 3 is 2.45 bits per heavy atom. The summed E-state index contributed by atoms with van der Waals surface area (Å²) in [7, 11) is 3.11. The van der Waals surface area contributed by atoms with E-state index < -0.39 is 5.41 Å². The lowest BCUT2D eigenvalue weighted by atomic mass is 9.83. The van der Waals surface area contributed by atoms with Crippen LogP contribution in [0.5, 0.6) is 0 Å². The van der Waals surface area contributed by atoms with E-state index in [0.717, 1.165) is 11.3 Å². The lowest BCUT2D eigenvalue weighted by Crippen LogP contribution is -2.46. The lowest BCUT2D eigenvalue weighted by Gasteiger charge is -2.26. The molecule has 0 aliphatic carbocycles. The quantitative estimate of drug-likeness (QED) is 0.772. The second-order valence-corrected chi connectivity index (χ2v) is 4.80. The Labute approximate surface area is 117 Å². The maximum atomic E-state index is 12.8. The van der Waals surface area contributed by atoms with Crippen LogP contribution in [0, 0.1) is 5.39 Å². The smallest absolute Gasteiger partial charge is 0.383 e. The van der Waals surface area contributed by atoms with Gasteiger partial charge in [0.15, 0.2) is 4.98 Å². The molecule has 6 heteroatoms. The lowest BCUT2D eigenvalue weighted by molar-refractivity contribution is -0.127. The van der Waals surface area contributed by atoms with Crippen LogP contribution < -0.4 is 4.90 Å². The Kier molecular flexibility index (Phi) is 4.02. The number of hydrogen-bond acceptors (Lipinski definition) is 4. The standard InChI is InChI=1S/C14H18N3O3/c1-4-17-12-6-5-10(16-15)7-11(12)14(8-19-2,9-20-3)13(17)18/h5-7H,4,8-9H2,1-3H3/q+1. The van der Waals surface area contributed by atoms with E-state index >= 15 is 0 Å². The fourth-order valence-corrected chi connectivity index (χ4v) is 2.82. The molecule has 1 heterocycles. The molecule has 0 bridgehead atoms. The third-order valence-electron chi connectivity index (χ3n) is 3.65. The van der Waals surface area contributed by atoms with Gasteiger partial charge in [-0.05, 0) is 13.0 Å². The zero-order chi connectivity index (χ0) is 14.8. The Balaban J connectivity index is 2.64. The molecule has 0 N–H and O–H groups in total. The molecule has 0 aromatic heterocycles. The number of carbonyl (C=O) groups is 1. The van der Waals surface area contributed by atoms with Crippen LogP contribution in [0.3, 0.4) is 0 Å². The third-order valence-corrected chi connectivity index (χ3v) is 3.65. The molecule has 20 heavy (non-hydrogen) atoms. The molecule has 2 rings (SSSR count). The first-order valence-electron chi connectivity index (χ1n) is 6.44. The number of nitrogens with zero attached hydrogens (tertiary/aromatic N) is 3. The van der Waals surface area contributed by atoms with Gasteiger partial charge in [0.25, 0.3) is 0 Å². The SMILES string of the molecule is CCN1C(=O)C(COC)(COC)c2cc([N+]#N)ccc21. The van der Waals surface area contributed by atoms with Crippen molar-refractivity contribution in [2.24, 2.45) is 0 Å². The van der Waals surface area contributed by atoms with Crippen LogP contribution in [0.2, 0.25) is 0 Å². The van der Waals surface area contributed by atoms with Gasteiger partial charge in [-0.25, -0.2) is 0 Å². The molecule has 106 valence electrons. The van der Waals surface area contributed by atoms with Gasteiger partial charge in [-0.2, -0.15) is 0 Å². The highest BCUT2D eigenvalue weighted by Gasteiger charge is 2.51. The Morgan fingerprint density at radius 2 is 1.95 bits per heavy atom. The molecule has 0 atom stereocenters. The van der Waals surface area contributed by atoms with Crippen molar-refractivity contribution in [1.29, 1.82) is 5.39 Å². The minimum Gasteiger partial charge on any atom is -0.383 e. The van der Waals surface area contributed by atoms with Crippen molar-refractivity contribution in [1.82, 2.24) is 0 Å². The molecule has 0 radical (unpaired) electrons. The maximum absolute atomic E-state index is 12.8. The fourth-order valence-electron chi connectivity index (χ4n) is 2.82. The predicted molar refractivity (Wildman–Crippen MR) is 74.6 cm³/mol. The van der Waals surface area contributed by atoms with Gasteiger partial charge in [0.2, 0.25) is 11.3 Å². The van der Waals surface area contributed by atoms with Crippen LogP contribution in [0.4, 0.5) is 11.4 Å². The molecule has 0 unspecified atom stereocenters. The van der Waals surface area contributed by atoms with Crippen molar-refractivity contribution < 1.29 is 14.3 Å². The highest BCUT2D eigenvalue weighted by atomic mass is 16.5.